The molecule has 2 heterocycles. The van der Waals surface area contributed by atoms with Crippen molar-refractivity contribution in [2.24, 2.45) is 5.92 Å². The highest BCUT2D eigenvalue weighted by atomic mass is 32.2. The summed E-state index contributed by atoms with van der Waals surface area (Å²) < 4.78 is 7.83. The Kier molecular flexibility index (Phi) is 4.99. The van der Waals surface area contributed by atoms with Gasteiger partial charge in [0.05, 0.1) is 11.9 Å². The molecule has 0 amide bonds. The van der Waals surface area contributed by atoms with Crippen LogP contribution in [0.5, 0.6) is 0 Å². The van der Waals surface area contributed by atoms with Crippen molar-refractivity contribution in [1.82, 2.24) is 9.55 Å². The highest BCUT2D eigenvalue weighted by Crippen LogP contribution is 2.31. The monoisotopic (exact) mass is 312 g/mol. The number of ether oxygens (including phenoxy) is 1. The number of aliphatic carboxylic acids is 1. The molecule has 2 atom stereocenters. The highest BCUT2D eigenvalue weighted by Gasteiger charge is 2.29. The molecule has 2 rings (SSSR count). The van der Waals surface area contributed by atoms with Gasteiger partial charge in [-0.15, -0.1) is 0 Å². The van der Waals surface area contributed by atoms with E-state index in [1.807, 2.05) is 6.20 Å². The van der Waals surface area contributed by atoms with Gasteiger partial charge in [0, 0.05) is 36.4 Å². The Bertz CT molecular complexity index is 508. The molecular weight excluding hydrogens is 288 g/mol. The first-order valence-corrected chi connectivity index (χ1v) is 8.30. The Morgan fingerprint density at radius 1 is 1.57 bits per heavy atom. The number of thioether (sulfide) groups is 1. The van der Waals surface area contributed by atoms with Crippen LogP contribution in [0.25, 0.3) is 0 Å². The van der Waals surface area contributed by atoms with Crippen molar-refractivity contribution >= 4 is 17.7 Å². The summed E-state index contributed by atoms with van der Waals surface area (Å²) in [6.07, 6.45) is 3.17. The maximum absolute atomic E-state index is 10.8. The minimum absolute atomic E-state index is 0.0161. The number of imidazole rings is 1. The fourth-order valence-electron chi connectivity index (χ4n) is 2.63. The molecule has 1 aliphatic rings. The van der Waals surface area contributed by atoms with Crippen molar-refractivity contribution in [1.29, 1.82) is 0 Å². The first-order valence-electron chi connectivity index (χ1n) is 7.31. The summed E-state index contributed by atoms with van der Waals surface area (Å²) in [7, 11) is 0. The van der Waals surface area contributed by atoms with Crippen LogP contribution < -0.4 is 0 Å². The molecule has 2 unspecified atom stereocenters. The summed E-state index contributed by atoms with van der Waals surface area (Å²) in [4.78, 5) is 15.2. The number of carboxylic acids is 1. The number of aromatic nitrogens is 2. The van der Waals surface area contributed by atoms with E-state index in [2.05, 4.69) is 37.2 Å². The second-order valence-electron chi connectivity index (χ2n) is 6.59. The van der Waals surface area contributed by atoms with Crippen molar-refractivity contribution in [3.63, 3.8) is 0 Å². The molecule has 118 valence electrons. The third-order valence-electron chi connectivity index (χ3n) is 3.86. The smallest absolute Gasteiger partial charge is 0.313 e. The van der Waals surface area contributed by atoms with E-state index in [4.69, 9.17) is 9.84 Å². The van der Waals surface area contributed by atoms with Crippen molar-refractivity contribution in [3.8, 4) is 0 Å². The number of carboxylic acid groups (broad SMARTS) is 1. The molecule has 1 aromatic heterocycles. The minimum Gasteiger partial charge on any atom is -0.481 e. The summed E-state index contributed by atoms with van der Waals surface area (Å²) >= 11 is 1.29. The Morgan fingerprint density at radius 2 is 2.29 bits per heavy atom. The summed E-state index contributed by atoms with van der Waals surface area (Å²) in [5.41, 5.74) is 1.13. The lowest BCUT2D eigenvalue weighted by Gasteiger charge is -2.24. The third kappa shape index (κ3) is 4.01. The average Bonchev–Trinajstić information content (AvgIpc) is 2.94. The van der Waals surface area contributed by atoms with Crippen LogP contribution in [0.15, 0.2) is 11.4 Å². The van der Waals surface area contributed by atoms with Crippen molar-refractivity contribution in [3.05, 3.63) is 11.9 Å². The van der Waals surface area contributed by atoms with Gasteiger partial charge in [0.2, 0.25) is 0 Å². The standard InChI is InChI=1S/C15H24N2O3S/c1-10-11(5-6-20-10)8-17-12(15(2,3)4)7-16-14(17)21-9-13(18)19/h7,10-11H,5-6,8-9H2,1-4H3,(H,18,19). The molecule has 0 saturated carbocycles. The van der Waals surface area contributed by atoms with Crippen LogP contribution in [-0.2, 0) is 21.5 Å². The molecular formula is C15H24N2O3S. The number of carbonyl (C=O) groups is 1. The van der Waals surface area contributed by atoms with Crippen LogP contribution in [0.1, 0.15) is 39.8 Å². The van der Waals surface area contributed by atoms with E-state index in [9.17, 15) is 4.79 Å². The zero-order chi connectivity index (χ0) is 15.6. The third-order valence-corrected chi connectivity index (χ3v) is 4.84. The normalized spacial score (nSPS) is 22.7. The molecule has 1 fully saturated rings. The Labute approximate surface area is 130 Å². The first-order chi connectivity index (χ1) is 9.79. The van der Waals surface area contributed by atoms with Crippen molar-refractivity contribution < 1.29 is 14.6 Å². The largest absolute Gasteiger partial charge is 0.481 e. The van der Waals surface area contributed by atoms with Crippen LogP contribution in [0, 0.1) is 5.92 Å². The second kappa shape index (κ2) is 6.40. The second-order valence-corrected chi connectivity index (χ2v) is 7.54. The lowest BCUT2D eigenvalue weighted by Crippen LogP contribution is -2.24. The molecule has 21 heavy (non-hydrogen) atoms. The van der Waals surface area contributed by atoms with Crippen molar-refractivity contribution in [2.75, 3.05) is 12.4 Å². The maximum atomic E-state index is 10.8. The van der Waals surface area contributed by atoms with Crippen molar-refractivity contribution in [2.45, 2.75) is 57.3 Å². The maximum Gasteiger partial charge on any atom is 0.313 e. The lowest BCUT2D eigenvalue weighted by atomic mass is 9.92. The van der Waals surface area contributed by atoms with Gasteiger partial charge in [-0.2, -0.15) is 0 Å². The van der Waals surface area contributed by atoms with E-state index in [1.165, 1.54) is 11.8 Å². The summed E-state index contributed by atoms with van der Waals surface area (Å²) in [6, 6.07) is 0. The summed E-state index contributed by atoms with van der Waals surface area (Å²) in [5.74, 6) is -0.314. The molecule has 5 nitrogen and oxygen atoms in total. The molecule has 1 aliphatic heterocycles. The molecule has 0 spiro atoms. The zero-order valence-corrected chi connectivity index (χ0v) is 13.9. The van der Waals surface area contributed by atoms with E-state index >= 15 is 0 Å². The summed E-state index contributed by atoms with van der Waals surface area (Å²) in [5, 5.41) is 9.67. The zero-order valence-electron chi connectivity index (χ0n) is 13.1. The van der Waals surface area contributed by atoms with E-state index in [1.54, 1.807) is 0 Å². The van der Waals surface area contributed by atoms with Gasteiger partial charge in [0.1, 0.15) is 0 Å². The van der Waals surface area contributed by atoms with E-state index in [0.29, 0.717) is 5.92 Å². The minimum atomic E-state index is -0.815. The van der Waals surface area contributed by atoms with Gasteiger partial charge in [-0.3, -0.25) is 4.79 Å². The molecule has 6 heteroatoms. The van der Waals surface area contributed by atoms with E-state index in [0.717, 1.165) is 30.4 Å². The quantitative estimate of drug-likeness (QED) is 0.847. The predicted molar refractivity (Wildman–Crippen MR) is 82.8 cm³/mol. The van der Waals surface area contributed by atoms with Crippen LogP contribution in [0.2, 0.25) is 0 Å². The number of rotatable bonds is 5. The number of nitrogens with zero attached hydrogens (tertiary/aromatic N) is 2. The van der Waals surface area contributed by atoms with E-state index < -0.39 is 5.97 Å². The molecule has 0 radical (unpaired) electrons. The Balaban J connectivity index is 2.25. The van der Waals surface area contributed by atoms with Crippen LogP contribution in [-0.4, -0.2) is 39.1 Å². The van der Waals surface area contributed by atoms with Gasteiger partial charge >= 0.3 is 5.97 Å². The van der Waals surface area contributed by atoms with Crippen LogP contribution in [0.4, 0.5) is 0 Å². The van der Waals surface area contributed by atoms with Crippen LogP contribution >= 0.6 is 11.8 Å². The Hall–Kier alpha value is -1.01. The van der Waals surface area contributed by atoms with Gasteiger partial charge in [-0.25, -0.2) is 4.98 Å². The molecule has 0 bridgehead atoms. The molecule has 0 aliphatic carbocycles. The highest BCUT2D eigenvalue weighted by molar-refractivity contribution is 7.99. The average molecular weight is 312 g/mol. The van der Waals surface area contributed by atoms with Crippen LogP contribution in [0.3, 0.4) is 0 Å². The number of hydrogen-bond acceptors (Lipinski definition) is 4. The molecule has 1 N–H and O–H groups in total. The molecule has 1 saturated heterocycles. The summed E-state index contributed by atoms with van der Waals surface area (Å²) in [6.45, 7) is 10.2. The number of hydrogen-bond donors (Lipinski definition) is 1. The van der Waals surface area contributed by atoms with Gasteiger partial charge in [-0.05, 0) is 13.3 Å². The predicted octanol–water partition coefficient (Wildman–Crippen LogP) is 2.78. The van der Waals surface area contributed by atoms with Gasteiger partial charge < -0.3 is 14.4 Å². The lowest BCUT2D eigenvalue weighted by molar-refractivity contribution is -0.133. The molecule has 1 aromatic rings. The molecule has 0 aromatic carbocycles. The Morgan fingerprint density at radius 3 is 2.81 bits per heavy atom. The van der Waals surface area contributed by atoms with Gasteiger partial charge in [-0.1, -0.05) is 32.5 Å². The van der Waals surface area contributed by atoms with Gasteiger partial charge in [0.15, 0.2) is 5.16 Å². The van der Waals surface area contributed by atoms with Gasteiger partial charge in [0.25, 0.3) is 0 Å². The topological polar surface area (TPSA) is 64.4 Å². The van der Waals surface area contributed by atoms with E-state index in [-0.39, 0.29) is 17.3 Å². The fraction of sp³-hybridized carbons (Fsp3) is 0.733. The first kappa shape index (κ1) is 16.4. The fourth-order valence-corrected chi connectivity index (χ4v) is 3.33. The SMILES string of the molecule is CC1OCCC1Cn1c(C(C)(C)C)cnc1SCC(=O)O.